The summed E-state index contributed by atoms with van der Waals surface area (Å²) in [6.07, 6.45) is 0.0243. The van der Waals surface area contributed by atoms with Crippen LogP contribution in [0.5, 0.6) is 0 Å². The van der Waals surface area contributed by atoms with E-state index in [0.717, 1.165) is 5.56 Å². The van der Waals surface area contributed by atoms with Crippen LogP contribution in [0.25, 0.3) is 0 Å². The monoisotopic (exact) mass is 431 g/mol. The number of sulfone groups is 1. The Morgan fingerprint density at radius 3 is 2.00 bits per heavy atom. The highest BCUT2D eigenvalue weighted by atomic mass is 32.2. The zero-order chi connectivity index (χ0) is 22.1. The van der Waals surface area contributed by atoms with Gasteiger partial charge in [-0.1, -0.05) is 48.5 Å². The number of benzene rings is 2. The molecule has 2 aromatic carbocycles. The molecule has 9 heteroatoms. The molecule has 2 rings (SSSR count). The molecule has 2 aromatic rings. The molecule has 0 fully saturated rings. The molecule has 0 saturated carbocycles. The first-order chi connectivity index (χ1) is 14.2. The number of amides is 3. The van der Waals surface area contributed by atoms with E-state index in [4.69, 9.17) is 5.73 Å². The van der Waals surface area contributed by atoms with E-state index in [9.17, 15) is 22.8 Å². The van der Waals surface area contributed by atoms with Gasteiger partial charge in [0, 0.05) is 13.3 Å². The smallest absolute Gasteiger partial charge is 0.243 e. The van der Waals surface area contributed by atoms with Crippen molar-refractivity contribution in [3.8, 4) is 0 Å². The number of primary amides is 1. The van der Waals surface area contributed by atoms with Crippen LogP contribution in [-0.4, -0.2) is 44.0 Å². The van der Waals surface area contributed by atoms with Gasteiger partial charge in [0.25, 0.3) is 0 Å². The van der Waals surface area contributed by atoms with Gasteiger partial charge >= 0.3 is 0 Å². The fraction of sp³-hybridized carbons (Fsp3) is 0.286. The van der Waals surface area contributed by atoms with Crippen LogP contribution in [0.2, 0.25) is 0 Å². The van der Waals surface area contributed by atoms with Crippen LogP contribution in [0.3, 0.4) is 0 Å². The Hall–Kier alpha value is -3.20. The summed E-state index contributed by atoms with van der Waals surface area (Å²) >= 11 is 0. The summed E-state index contributed by atoms with van der Waals surface area (Å²) in [5.74, 6) is -2.25. The quantitative estimate of drug-likeness (QED) is 0.505. The second-order valence-electron chi connectivity index (χ2n) is 6.83. The number of hydrogen-bond acceptors (Lipinski definition) is 5. The topological polar surface area (TPSA) is 135 Å². The molecule has 0 bridgehead atoms. The van der Waals surface area contributed by atoms with Crippen LogP contribution in [-0.2, 0) is 30.6 Å². The number of carbonyl (C=O) groups is 3. The van der Waals surface area contributed by atoms with Gasteiger partial charge in [0.1, 0.15) is 12.1 Å². The average Bonchev–Trinajstić information content (AvgIpc) is 2.71. The molecule has 30 heavy (non-hydrogen) atoms. The third-order valence-electron chi connectivity index (χ3n) is 4.41. The van der Waals surface area contributed by atoms with E-state index in [1.54, 1.807) is 42.5 Å². The summed E-state index contributed by atoms with van der Waals surface area (Å²) in [5.41, 5.74) is 6.18. The molecule has 0 aromatic heterocycles. The highest BCUT2D eigenvalue weighted by Crippen LogP contribution is 2.12. The van der Waals surface area contributed by atoms with E-state index in [1.807, 2.05) is 6.07 Å². The zero-order valence-electron chi connectivity index (χ0n) is 16.6. The summed E-state index contributed by atoms with van der Waals surface area (Å²) in [5, 5.41) is 5.02. The first-order valence-electron chi connectivity index (χ1n) is 9.37. The van der Waals surface area contributed by atoms with E-state index in [-0.39, 0.29) is 23.5 Å². The summed E-state index contributed by atoms with van der Waals surface area (Å²) in [7, 11) is -3.64. The van der Waals surface area contributed by atoms with Crippen molar-refractivity contribution in [3.05, 3.63) is 66.2 Å². The van der Waals surface area contributed by atoms with Crippen molar-refractivity contribution in [1.82, 2.24) is 10.6 Å². The fourth-order valence-corrected chi connectivity index (χ4v) is 4.23. The molecule has 0 heterocycles. The highest BCUT2D eigenvalue weighted by Gasteiger charge is 2.27. The van der Waals surface area contributed by atoms with Crippen LogP contribution in [0.4, 0.5) is 0 Å². The lowest BCUT2D eigenvalue weighted by atomic mass is 10.0. The summed E-state index contributed by atoms with van der Waals surface area (Å²) in [6.45, 7) is 1.28. The lowest BCUT2D eigenvalue weighted by Crippen LogP contribution is -2.53. The van der Waals surface area contributed by atoms with Crippen LogP contribution < -0.4 is 16.4 Å². The van der Waals surface area contributed by atoms with Gasteiger partial charge in [-0.3, -0.25) is 14.4 Å². The van der Waals surface area contributed by atoms with Crippen LogP contribution >= 0.6 is 0 Å². The molecule has 0 unspecified atom stereocenters. The predicted octanol–water partition coefficient (Wildman–Crippen LogP) is 0.568. The van der Waals surface area contributed by atoms with E-state index in [0.29, 0.717) is 0 Å². The molecule has 0 saturated heterocycles. The van der Waals surface area contributed by atoms with Gasteiger partial charge in [-0.25, -0.2) is 8.42 Å². The molecule has 0 spiro atoms. The Kier molecular flexibility index (Phi) is 8.11. The Balaban J connectivity index is 2.08. The van der Waals surface area contributed by atoms with Crippen molar-refractivity contribution in [1.29, 1.82) is 0 Å². The second-order valence-corrected chi connectivity index (χ2v) is 8.94. The van der Waals surface area contributed by atoms with Crippen molar-refractivity contribution in [2.45, 2.75) is 36.7 Å². The minimum absolute atomic E-state index is 0.125. The number of carbonyl (C=O) groups excluding carboxylic acids is 3. The van der Waals surface area contributed by atoms with Crippen molar-refractivity contribution in [2.24, 2.45) is 5.73 Å². The molecule has 0 radical (unpaired) electrons. The maximum atomic E-state index is 12.7. The van der Waals surface area contributed by atoms with Crippen LogP contribution in [0.1, 0.15) is 18.9 Å². The number of nitrogens with one attached hydrogen (secondary N) is 2. The fourth-order valence-electron chi connectivity index (χ4n) is 2.88. The normalized spacial score (nSPS) is 13.1. The molecule has 0 aliphatic rings. The van der Waals surface area contributed by atoms with Gasteiger partial charge in [0.05, 0.1) is 10.6 Å². The SMILES string of the molecule is CC(=O)N[C@@H](Cc1ccccc1)C(=O)N[C@@H](CCS(=O)(=O)c1ccccc1)C(N)=O. The Bertz CT molecular complexity index is 978. The lowest BCUT2D eigenvalue weighted by molar-refractivity contribution is -0.130. The van der Waals surface area contributed by atoms with Gasteiger partial charge in [0.2, 0.25) is 17.7 Å². The Morgan fingerprint density at radius 2 is 1.47 bits per heavy atom. The Labute approximate surface area is 175 Å². The molecule has 160 valence electrons. The van der Waals surface area contributed by atoms with Gasteiger partial charge in [-0.2, -0.15) is 0 Å². The van der Waals surface area contributed by atoms with Crippen molar-refractivity contribution in [2.75, 3.05) is 5.75 Å². The van der Waals surface area contributed by atoms with Gasteiger partial charge in [0.15, 0.2) is 9.84 Å². The summed E-state index contributed by atoms with van der Waals surface area (Å²) < 4.78 is 24.9. The standard InChI is InChI=1S/C21H25N3O5S/c1-15(25)23-19(14-16-8-4-2-5-9-16)21(27)24-18(20(22)26)12-13-30(28,29)17-10-6-3-7-11-17/h2-11,18-19H,12-14H2,1H3,(H2,22,26)(H,23,25)(H,24,27)/t18-,19-/m0/s1. The number of hydrogen-bond donors (Lipinski definition) is 3. The van der Waals surface area contributed by atoms with Gasteiger partial charge in [-0.15, -0.1) is 0 Å². The molecule has 3 amide bonds. The van der Waals surface area contributed by atoms with E-state index in [2.05, 4.69) is 10.6 Å². The molecule has 4 N–H and O–H groups in total. The average molecular weight is 432 g/mol. The second kappa shape index (κ2) is 10.5. The Morgan fingerprint density at radius 1 is 0.900 bits per heavy atom. The lowest BCUT2D eigenvalue weighted by Gasteiger charge is -2.21. The third kappa shape index (κ3) is 7.00. The maximum Gasteiger partial charge on any atom is 0.243 e. The largest absolute Gasteiger partial charge is 0.368 e. The first-order valence-corrected chi connectivity index (χ1v) is 11.0. The van der Waals surface area contributed by atoms with Crippen molar-refractivity contribution < 1.29 is 22.8 Å². The minimum atomic E-state index is -3.64. The van der Waals surface area contributed by atoms with Crippen LogP contribution in [0.15, 0.2) is 65.6 Å². The first kappa shape index (κ1) is 23.1. The molecule has 8 nitrogen and oxygen atoms in total. The zero-order valence-corrected chi connectivity index (χ0v) is 17.4. The third-order valence-corrected chi connectivity index (χ3v) is 6.18. The summed E-state index contributed by atoms with van der Waals surface area (Å²) in [6, 6.07) is 14.7. The van der Waals surface area contributed by atoms with Crippen molar-refractivity contribution >= 4 is 27.6 Å². The number of rotatable bonds is 10. The molecule has 0 aliphatic heterocycles. The van der Waals surface area contributed by atoms with Gasteiger partial charge in [-0.05, 0) is 24.1 Å². The van der Waals surface area contributed by atoms with Gasteiger partial charge < -0.3 is 16.4 Å². The maximum absolute atomic E-state index is 12.7. The molecule has 0 aliphatic carbocycles. The highest BCUT2D eigenvalue weighted by molar-refractivity contribution is 7.91. The number of nitrogens with two attached hydrogens (primary N) is 1. The summed E-state index contributed by atoms with van der Waals surface area (Å²) in [4.78, 5) is 36.2. The predicted molar refractivity (Wildman–Crippen MR) is 112 cm³/mol. The van der Waals surface area contributed by atoms with E-state index >= 15 is 0 Å². The molecule has 2 atom stereocenters. The van der Waals surface area contributed by atoms with E-state index < -0.39 is 39.6 Å². The van der Waals surface area contributed by atoms with Crippen molar-refractivity contribution in [3.63, 3.8) is 0 Å². The molecular weight excluding hydrogens is 406 g/mol. The molecular formula is C21H25N3O5S. The van der Waals surface area contributed by atoms with E-state index in [1.165, 1.54) is 19.1 Å². The minimum Gasteiger partial charge on any atom is -0.368 e. The van der Waals surface area contributed by atoms with Crippen LogP contribution in [0, 0.1) is 0 Å².